The van der Waals surface area contributed by atoms with Gasteiger partial charge in [-0.3, -0.25) is 15.1 Å². The second-order valence-corrected chi connectivity index (χ2v) is 6.74. The number of likely N-dealkylation sites (N-methyl/N-ethyl adjacent to an activating group) is 1. The van der Waals surface area contributed by atoms with Gasteiger partial charge in [0.15, 0.2) is 0 Å². The molecule has 20 heavy (non-hydrogen) atoms. The lowest BCUT2D eigenvalue weighted by Gasteiger charge is -2.46. The third-order valence-electron chi connectivity index (χ3n) is 4.73. The largest absolute Gasteiger partial charge is 0.300 e. The van der Waals surface area contributed by atoms with Gasteiger partial charge in [-0.1, -0.05) is 6.92 Å². The SMILES string of the molecule is CCCNC(C)(C#N)CC(C)N1CC(C)N(C)C(C)C1. The summed E-state index contributed by atoms with van der Waals surface area (Å²) in [5.41, 5.74) is -0.411. The number of hydrogen-bond donors (Lipinski definition) is 1. The Hall–Kier alpha value is -0.630. The third-order valence-corrected chi connectivity index (χ3v) is 4.73. The van der Waals surface area contributed by atoms with E-state index in [1.165, 1.54) is 0 Å². The van der Waals surface area contributed by atoms with Crippen molar-refractivity contribution in [2.45, 2.75) is 71.1 Å². The van der Waals surface area contributed by atoms with Crippen LogP contribution >= 0.6 is 0 Å². The maximum Gasteiger partial charge on any atom is 0.105 e. The first kappa shape index (κ1) is 17.4. The highest BCUT2D eigenvalue weighted by atomic mass is 15.3. The van der Waals surface area contributed by atoms with E-state index in [4.69, 9.17) is 0 Å². The Bertz CT molecular complexity index is 326. The highest BCUT2D eigenvalue weighted by Gasteiger charge is 2.33. The van der Waals surface area contributed by atoms with Crippen LogP contribution in [0.4, 0.5) is 0 Å². The number of piperazine rings is 1. The van der Waals surface area contributed by atoms with E-state index in [2.05, 4.69) is 55.9 Å². The molecule has 4 atom stereocenters. The predicted octanol–water partition coefficient (Wildman–Crippen LogP) is 2.07. The molecule has 4 heteroatoms. The predicted molar refractivity (Wildman–Crippen MR) is 84.7 cm³/mol. The standard InChI is InChI=1S/C16H32N4/c1-7-8-18-16(5,12-17)9-13(2)20-10-14(3)19(6)15(4)11-20/h13-15,18H,7-11H2,1-6H3. The van der Waals surface area contributed by atoms with Crippen LogP contribution < -0.4 is 5.32 Å². The number of hydrogen-bond acceptors (Lipinski definition) is 4. The van der Waals surface area contributed by atoms with Crippen molar-refractivity contribution in [1.29, 1.82) is 5.26 Å². The molecule has 0 amide bonds. The lowest BCUT2D eigenvalue weighted by molar-refractivity contribution is 0.0313. The van der Waals surface area contributed by atoms with Crippen molar-refractivity contribution in [3.05, 3.63) is 0 Å². The van der Waals surface area contributed by atoms with Crippen molar-refractivity contribution in [2.24, 2.45) is 0 Å². The highest BCUT2D eigenvalue weighted by molar-refractivity contribution is 5.05. The molecule has 1 heterocycles. The number of nitrogens with one attached hydrogen (secondary N) is 1. The molecule has 1 aliphatic heterocycles. The molecule has 116 valence electrons. The van der Waals surface area contributed by atoms with E-state index in [9.17, 15) is 5.26 Å². The first-order chi connectivity index (χ1) is 9.33. The summed E-state index contributed by atoms with van der Waals surface area (Å²) in [6, 6.07) is 4.06. The van der Waals surface area contributed by atoms with E-state index in [1.54, 1.807) is 0 Å². The molecule has 4 nitrogen and oxygen atoms in total. The molecule has 1 rings (SSSR count). The van der Waals surface area contributed by atoms with Crippen LogP contribution in [0.2, 0.25) is 0 Å². The highest BCUT2D eigenvalue weighted by Crippen LogP contribution is 2.21. The fraction of sp³-hybridized carbons (Fsp3) is 0.938. The molecule has 0 radical (unpaired) electrons. The summed E-state index contributed by atoms with van der Waals surface area (Å²) in [7, 11) is 2.21. The number of nitriles is 1. The van der Waals surface area contributed by atoms with Gasteiger partial charge >= 0.3 is 0 Å². The third kappa shape index (κ3) is 4.44. The van der Waals surface area contributed by atoms with Crippen LogP contribution in [0, 0.1) is 11.3 Å². The molecule has 1 saturated heterocycles. The van der Waals surface area contributed by atoms with E-state index < -0.39 is 5.54 Å². The van der Waals surface area contributed by atoms with E-state index >= 15 is 0 Å². The van der Waals surface area contributed by atoms with Crippen molar-refractivity contribution < 1.29 is 0 Å². The Morgan fingerprint density at radius 2 is 1.90 bits per heavy atom. The van der Waals surface area contributed by atoms with Crippen molar-refractivity contribution in [3.63, 3.8) is 0 Å². The molecule has 0 spiro atoms. The molecule has 0 bridgehead atoms. The van der Waals surface area contributed by atoms with Gasteiger partial charge in [-0.2, -0.15) is 5.26 Å². The van der Waals surface area contributed by atoms with Gasteiger partial charge in [-0.15, -0.1) is 0 Å². The minimum absolute atomic E-state index is 0.411. The average molecular weight is 280 g/mol. The molecule has 0 aliphatic carbocycles. The van der Waals surface area contributed by atoms with Gasteiger partial charge in [0.05, 0.1) is 6.07 Å². The van der Waals surface area contributed by atoms with Crippen LogP contribution in [0.3, 0.4) is 0 Å². The van der Waals surface area contributed by atoms with Crippen molar-refractivity contribution >= 4 is 0 Å². The van der Waals surface area contributed by atoms with Crippen molar-refractivity contribution in [3.8, 4) is 6.07 Å². The minimum atomic E-state index is -0.411. The van der Waals surface area contributed by atoms with Gasteiger partial charge in [0, 0.05) is 31.2 Å². The molecular weight excluding hydrogens is 248 g/mol. The Kier molecular flexibility index (Phi) is 6.44. The molecule has 4 unspecified atom stereocenters. The van der Waals surface area contributed by atoms with Crippen LogP contribution in [0.15, 0.2) is 0 Å². The maximum atomic E-state index is 9.47. The average Bonchev–Trinajstić information content (AvgIpc) is 2.42. The smallest absolute Gasteiger partial charge is 0.105 e. The molecule has 0 saturated carbocycles. The van der Waals surface area contributed by atoms with Gasteiger partial charge in [-0.25, -0.2) is 0 Å². The fourth-order valence-corrected chi connectivity index (χ4v) is 3.08. The molecule has 1 N–H and O–H groups in total. The summed E-state index contributed by atoms with van der Waals surface area (Å²) >= 11 is 0. The van der Waals surface area contributed by atoms with Crippen LogP contribution in [-0.2, 0) is 0 Å². The van der Waals surface area contributed by atoms with E-state index in [0.29, 0.717) is 18.1 Å². The molecule has 0 aromatic rings. The number of nitrogens with zero attached hydrogens (tertiary/aromatic N) is 3. The van der Waals surface area contributed by atoms with Crippen LogP contribution in [0.5, 0.6) is 0 Å². The van der Waals surface area contributed by atoms with Crippen LogP contribution in [-0.4, -0.2) is 60.1 Å². The number of rotatable bonds is 6. The first-order valence-electron chi connectivity index (χ1n) is 7.95. The summed E-state index contributed by atoms with van der Waals surface area (Å²) in [6.07, 6.45) is 1.95. The summed E-state index contributed by atoms with van der Waals surface area (Å²) in [4.78, 5) is 4.99. The summed E-state index contributed by atoms with van der Waals surface area (Å²) in [5, 5.41) is 12.9. The molecular formula is C16H32N4. The molecule has 1 fully saturated rings. The Labute approximate surface area is 125 Å². The minimum Gasteiger partial charge on any atom is -0.300 e. The Morgan fingerprint density at radius 3 is 2.35 bits per heavy atom. The monoisotopic (exact) mass is 280 g/mol. The maximum absolute atomic E-state index is 9.47. The second-order valence-electron chi connectivity index (χ2n) is 6.74. The first-order valence-corrected chi connectivity index (χ1v) is 7.95. The van der Waals surface area contributed by atoms with Gasteiger partial charge in [0.1, 0.15) is 5.54 Å². The zero-order valence-electron chi connectivity index (χ0n) is 14.1. The fourth-order valence-electron chi connectivity index (χ4n) is 3.08. The Morgan fingerprint density at radius 1 is 1.35 bits per heavy atom. The van der Waals surface area contributed by atoms with E-state index in [0.717, 1.165) is 32.5 Å². The normalized spacial score (nSPS) is 29.6. The van der Waals surface area contributed by atoms with E-state index in [1.807, 2.05) is 6.92 Å². The van der Waals surface area contributed by atoms with Crippen molar-refractivity contribution in [2.75, 3.05) is 26.7 Å². The van der Waals surface area contributed by atoms with Crippen molar-refractivity contribution in [1.82, 2.24) is 15.1 Å². The molecule has 0 aromatic carbocycles. The topological polar surface area (TPSA) is 42.3 Å². The van der Waals surface area contributed by atoms with Gasteiger partial charge in [0.2, 0.25) is 0 Å². The summed E-state index contributed by atoms with van der Waals surface area (Å²) in [5.74, 6) is 0. The van der Waals surface area contributed by atoms with Crippen LogP contribution in [0.25, 0.3) is 0 Å². The molecule has 1 aliphatic rings. The summed E-state index contributed by atoms with van der Waals surface area (Å²) < 4.78 is 0. The van der Waals surface area contributed by atoms with Crippen LogP contribution in [0.1, 0.15) is 47.5 Å². The lowest BCUT2D eigenvalue weighted by atomic mass is 9.93. The molecule has 0 aromatic heterocycles. The Balaban J connectivity index is 2.61. The quantitative estimate of drug-likeness (QED) is 0.809. The van der Waals surface area contributed by atoms with Gasteiger partial charge in [-0.05, 0) is 54.1 Å². The lowest BCUT2D eigenvalue weighted by Crippen LogP contribution is -2.58. The zero-order chi connectivity index (χ0) is 15.3. The van der Waals surface area contributed by atoms with E-state index in [-0.39, 0.29) is 0 Å². The zero-order valence-corrected chi connectivity index (χ0v) is 14.1. The summed E-state index contributed by atoms with van der Waals surface area (Å²) in [6.45, 7) is 14.1. The van der Waals surface area contributed by atoms with Gasteiger partial charge in [0.25, 0.3) is 0 Å². The van der Waals surface area contributed by atoms with Gasteiger partial charge < -0.3 is 0 Å². The second kappa shape index (κ2) is 7.40.